The van der Waals surface area contributed by atoms with E-state index in [2.05, 4.69) is 23.8 Å². The summed E-state index contributed by atoms with van der Waals surface area (Å²) >= 11 is 0. The minimum atomic E-state index is 0.0191. The largest absolute Gasteiger partial charge is 0.391 e. The summed E-state index contributed by atoms with van der Waals surface area (Å²) in [5, 5.41) is 13.8. The van der Waals surface area contributed by atoms with E-state index in [1.807, 2.05) is 18.7 Å². The van der Waals surface area contributed by atoms with Crippen LogP contribution in [0.2, 0.25) is 0 Å². The molecule has 0 bridgehead atoms. The highest BCUT2D eigenvalue weighted by molar-refractivity contribution is 5.50. The lowest BCUT2D eigenvalue weighted by Crippen LogP contribution is -2.38. The Hall–Kier alpha value is -1.07. The number of hydrogen-bond donors (Lipinski definition) is 1. The number of aliphatic hydroxyl groups excluding tert-OH is 1. The molecule has 5 nitrogen and oxygen atoms in total. The van der Waals surface area contributed by atoms with E-state index in [-0.39, 0.29) is 12.6 Å². The summed E-state index contributed by atoms with van der Waals surface area (Å²) in [5.41, 5.74) is 1.78. The number of methoxy groups -OCH3 is 1. The van der Waals surface area contributed by atoms with E-state index >= 15 is 0 Å². The molecule has 0 amide bonds. The maximum absolute atomic E-state index is 9.46. The third kappa shape index (κ3) is 2.79. The average molecular weight is 241 g/mol. The lowest BCUT2D eigenvalue weighted by Gasteiger charge is -2.30. The van der Waals surface area contributed by atoms with E-state index in [1.54, 1.807) is 7.11 Å². The number of aryl methyl sites for hydroxylation is 2. The van der Waals surface area contributed by atoms with Crippen LogP contribution in [0.3, 0.4) is 0 Å². The van der Waals surface area contributed by atoms with Crippen LogP contribution in [-0.2, 0) is 18.4 Å². The first-order chi connectivity index (χ1) is 8.06. The van der Waals surface area contributed by atoms with Crippen LogP contribution in [0.25, 0.3) is 0 Å². The van der Waals surface area contributed by atoms with Crippen LogP contribution in [0.1, 0.15) is 25.1 Å². The van der Waals surface area contributed by atoms with Crippen molar-refractivity contribution in [3.05, 3.63) is 11.3 Å². The Morgan fingerprint density at radius 2 is 2.18 bits per heavy atom. The van der Waals surface area contributed by atoms with Gasteiger partial charge in [-0.3, -0.25) is 4.68 Å². The van der Waals surface area contributed by atoms with Gasteiger partial charge in [-0.25, -0.2) is 0 Å². The molecule has 0 aliphatic carbocycles. The zero-order valence-electron chi connectivity index (χ0n) is 11.4. The molecule has 0 aliphatic rings. The topological polar surface area (TPSA) is 50.5 Å². The summed E-state index contributed by atoms with van der Waals surface area (Å²) in [6, 6.07) is 0.255. The fourth-order valence-corrected chi connectivity index (χ4v) is 2.24. The molecule has 0 saturated carbocycles. The summed E-state index contributed by atoms with van der Waals surface area (Å²) < 4.78 is 7.02. The normalized spacial score (nSPS) is 12.8. The fourth-order valence-electron chi connectivity index (χ4n) is 2.24. The lowest BCUT2D eigenvalue weighted by molar-refractivity contribution is 0.181. The molecule has 1 atom stereocenters. The van der Waals surface area contributed by atoms with Gasteiger partial charge in [0.25, 0.3) is 0 Å². The minimum Gasteiger partial charge on any atom is -0.391 e. The van der Waals surface area contributed by atoms with Crippen LogP contribution in [0, 0.1) is 6.92 Å². The zero-order chi connectivity index (χ0) is 13.0. The number of aliphatic hydroxyl groups is 1. The molecule has 0 saturated heterocycles. The predicted molar refractivity (Wildman–Crippen MR) is 68.2 cm³/mol. The Bertz CT molecular complexity index is 363. The highest BCUT2D eigenvalue weighted by Crippen LogP contribution is 2.24. The van der Waals surface area contributed by atoms with Gasteiger partial charge >= 0.3 is 0 Å². The van der Waals surface area contributed by atoms with Crippen molar-refractivity contribution in [2.75, 3.05) is 25.2 Å². The van der Waals surface area contributed by atoms with Gasteiger partial charge in [0.1, 0.15) is 5.82 Å². The molecule has 0 aliphatic heterocycles. The van der Waals surface area contributed by atoms with Gasteiger partial charge in [0.15, 0.2) is 0 Å². The molecular formula is C12H23N3O2. The van der Waals surface area contributed by atoms with E-state index in [4.69, 9.17) is 4.74 Å². The molecule has 1 aromatic rings. The van der Waals surface area contributed by atoms with E-state index in [9.17, 15) is 5.11 Å². The SMILES string of the molecule is CCN(c1c(CO)c(C)nn1C)C(C)COC. The monoisotopic (exact) mass is 241 g/mol. The van der Waals surface area contributed by atoms with Gasteiger partial charge in [-0.15, -0.1) is 0 Å². The summed E-state index contributed by atoms with van der Waals surface area (Å²) in [7, 11) is 3.61. The number of anilines is 1. The van der Waals surface area contributed by atoms with E-state index in [1.165, 1.54) is 0 Å². The van der Waals surface area contributed by atoms with Crippen molar-refractivity contribution < 1.29 is 9.84 Å². The van der Waals surface area contributed by atoms with Crippen LogP contribution >= 0.6 is 0 Å². The second kappa shape index (κ2) is 6.02. The summed E-state index contributed by atoms with van der Waals surface area (Å²) in [6.45, 7) is 7.65. The first kappa shape index (κ1) is 14.0. The highest BCUT2D eigenvalue weighted by atomic mass is 16.5. The van der Waals surface area contributed by atoms with Gasteiger partial charge < -0.3 is 14.7 Å². The molecule has 1 N–H and O–H groups in total. The molecule has 0 aromatic carbocycles. The molecular weight excluding hydrogens is 218 g/mol. The molecule has 1 rings (SSSR count). The Morgan fingerprint density at radius 1 is 1.53 bits per heavy atom. The zero-order valence-corrected chi connectivity index (χ0v) is 11.4. The molecule has 0 fully saturated rings. The van der Waals surface area contributed by atoms with Gasteiger partial charge in [0.2, 0.25) is 0 Å². The number of ether oxygens (including phenoxy) is 1. The number of hydrogen-bond acceptors (Lipinski definition) is 4. The molecule has 1 heterocycles. The van der Waals surface area contributed by atoms with Gasteiger partial charge in [0, 0.05) is 26.3 Å². The first-order valence-corrected chi connectivity index (χ1v) is 5.95. The maximum atomic E-state index is 9.46. The molecule has 0 spiro atoms. The summed E-state index contributed by atoms with van der Waals surface area (Å²) in [6.07, 6.45) is 0. The van der Waals surface area contributed by atoms with Gasteiger partial charge in [0.05, 0.1) is 24.9 Å². The number of aromatic nitrogens is 2. The Labute approximate surface area is 103 Å². The highest BCUT2D eigenvalue weighted by Gasteiger charge is 2.21. The summed E-state index contributed by atoms with van der Waals surface area (Å²) in [5.74, 6) is 0.983. The van der Waals surface area contributed by atoms with Crippen molar-refractivity contribution in [2.24, 2.45) is 7.05 Å². The third-order valence-electron chi connectivity index (χ3n) is 3.02. The Kier molecular flexibility index (Phi) is 4.96. The first-order valence-electron chi connectivity index (χ1n) is 5.95. The number of rotatable bonds is 6. The Morgan fingerprint density at radius 3 is 2.65 bits per heavy atom. The molecule has 98 valence electrons. The fraction of sp³-hybridized carbons (Fsp3) is 0.750. The number of nitrogens with zero attached hydrogens (tertiary/aromatic N) is 3. The van der Waals surface area contributed by atoms with Crippen molar-refractivity contribution in [2.45, 2.75) is 33.4 Å². The van der Waals surface area contributed by atoms with Crippen molar-refractivity contribution in [1.82, 2.24) is 9.78 Å². The lowest BCUT2D eigenvalue weighted by atomic mass is 10.2. The minimum absolute atomic E-state index is 0.0191. The summed E-state index contributed by atoms with van der Waals surface area (Å²) in [4.78, 5) is 2.20. The number of likely N-dealkylation sites (N-methyl/N-ethyl adjacent to an activating group) is 1. The van der Waals surface area contributed by atoms with Gasteiger partial charge in [-0.2, -0.15) is 5.10 Å². The standard InChI is InChI=1S/C12H23N3O2/c1-6-15(9(2)8-17-5)12-11(7-16)10(3)13-14(12)4/h9,16H,6-8H2,1-5H3. The van der Waals surface area contributed by atoms with Crippen LogP contribution in [0.5, 0.6) is 0 Å². The quantitative estimate of drug-likeness (QED) is 0.810. The van der Waals surface area contributed by atoms with E-state index in [0.29, 0.717) is 6.61 Å². The second-order valence-electron chi connectivity index (χ2n) is 4.26. The third-order valence-corrected chi connectivity index (χ3v) is 3.02. The average Bonchev–Trinajstić information content (AvgIpc) is 2.55. The van der Waals surface area contributed by atoms with Crippen LogP contribution < -0.4 is 4.90 Å². The van der Waals surface area contributed by atoms with Gasteiger partial charge in [-0.05, 0) is 20.8 Å². The van der Waals surface area contributed by atoms with Crippen LogP contribution in [0.4, 0.5) is 5.82 Å². The molecule has 5 heteroatoms. The van der Waals surface area contributed by atoms with Crippen molar-refractivity contribution in [1.29, 1.82) is 0 Å². The van der Waals surface area contributed by atoms with E-state index < -0.39 is 0 Å². The van der Waals surface area contributed by atoms with Crippen LogP contribution in [-0.4, -0.2) is 41.2 Å². The smallest absolute Gasteiger partial charge is 0.132 e. The molecule has 17 heavy (non-hydrogen) atoms. The molecule has 1 unspecified atom stereocenters. The molecule has 0 radical (unpaired) electrons. The van der Waals surface area contributed by atoms with Gasteiger partial charge in [-0.1, -0.05) is 0 Å². The van der Waals surface area contributed by atoms with E-state index in [0.717, 1.165) is 23.6 Å². The predicted octanol–water partition coefficient (Wildman–Crippen LogP) is 1.08. The van der Waals surface area contributed by atoms with Crippen LogP contribution in [0.15, 0.2) is 0 Å². The Balaban J connectivity index is 3.10. The van der Waals surface area contributed by atoms with Crippen molar-refractivity contribution >= 4 is 5.82 Å². The van der Waals surface area contributed by atoms with Crippen molar-refractivity contribution in [3.8, 4) is 0 Å². The molecule has 1 aromatic heterocycles. The van der Waals surface area contributed by atoms with Crippen molar-refractivity contribution in [3.63, 3.8) is 0 Å². The maximum Gasteiger partial charge on any atom is 0.132 e. The second-order valence-corrected chi connectivity index (χ2v) is 4.26.